The summed E-state index contributed by atoms with van der Waals surface area (Å²) in [6.07, 6.45) is 1.61. The van der Waals surface area contributed by atoms with Crippen LogP contribution in [0.1, 0.15) is 5.56 Å². The lowest BCUT2D eigenvalue weighted by Gasteiger charge is -2.28. The molecular formula is C29H36BrN5O4SSi. The number of hydrogen-bond acceptors (Lipinski definition) is 7. The van der Waals surface area contributed by atoms with Crippen LogP contribution in [-0.2, 0) is 32.0 Å². The smallest absolute Gasteiger partial charge is 0.236 e. The number of halogens is 1. The number of ether oxygens (including phenoxy) is 2. The number of aromatic nitrogens is 3. The van der Waals surface area contributed by atoms with Crippen molar-refractivity contribution in [2.75, 3.05) is 42.5 Å². The van der Waals surface area contributed by atoms with Crippen LogP contribution in [0.5, 0.6) is 0 Å². The predicted molar refractivity (Wildman–Crippen MR) is 170 cm³/mol. The Morgan fingerprint density at radius 3 is 2.41 bits per heavy atom. The Hall–Kier alpha value is -2.77. The van der Waals surface area contributed by atoms with E-state index in [1.807, 2.05) is 24.3 Å². The van der Waals surface area contributed by atoms with Gasteiger partial charge in [0.2, 0.25) is 10.0 Å². The molecule has 9 nitrogen and oxygen atoms in total. The van der Waals surface area contributed by atoms with Gasteiger partial charge < -0.3 is 18.9 Å². The molecule has 5 rings (SSSR count). The molecule has 3 heterocycles. The van der Waals surface area contributed by atoms with E-state index in [-0.39, 0.29) is 5.75 Å². The van der Waals surface area contributed by atoms with Crippen molar-refractivity contribution in [2.45, 2.75) is 38.2 Å². The molecule has 0 bridgehead atoms. The lowest BCUT2D eigenvalue weighted by molar-refractivity contribution is 0.0909. The maximum absolute atomic E-state index is 12.8. The van der Waals surface area contributed by atoms with Crippen LogP contribution in [0.15, 0.2) is 65.4 Å². The van der Waals surface area contributed by atoms with Crippen molar-refractivity contribution in [3.05, 3.63) is 71.0 Å². The van der Waals surface area contributed by atoms with Gasteiger partial charge in [0, 0.05) is 37.9 Å². The van der Waals surface area contributed by atoms with Crippen LogP contribution in [0, 0.1) is 0 Å². The quantitative estimate of drug-likeness (QED) is 0.157. The fraction of sp³-hybridized carbons (Fsp3) is 0.379. The van der Waals surface area contributed by atoms with Crippen LogP contribution in [0.3, 0.4) is 0 Å². The van der Waals surface area contributed by atoms with Gasteiger partial charge in [-0.15, -0.1) is 0 Å². The van der Waals surface area contributed by atoms with Gasteiger partial charge in [0.05, 0.1) is 30.0 Å². The molecule has 41 heavy (non-hydrogen) atoms. The Kier molecular flexibility index (Phi) is 9.14. The first-order chi connectivity index (χ1) is 19.6. The predicted octanol–water partition coefficient (Wildman–Crippen LogP) is 5.95. The number of nitrogens with zero attached hydrogens (tertiary/aromatic N) is 4. The van der Waals surface area contributed by atoms with Crippen LogP contribution in [0.25, 0.3) is 22.3 Å². The summed E-state index contributed by atoms with van der Waals surface area (Å²) in [6, 6.07) is 17.9. The van der Waals surface area contributed by atoms with Gasteiger partial charge in [0.15, 0.2) is 0 Å². The molecule has 1 aliphatic heterocycles. The summed E-state index contributed by atoms with van der Waals surface area (Å²) in [4.78, 5) is 11.5. The molecule has 0 saturated carbocycles. The highest BCUT2D eigenvalue weighted by atomic mass is 79.9. The second kappa shape index (κ2) is 12.6. The number of sulfonamides is 1. The summed E-state index contributed by atoms with van der Waals surface area (Å²) in [6.45, 7) is 10.9. The van der Waals surface area contributed by atoms with Crippen molar-refractivity contribution in [2.24, 2.45) is 0 Å². The topological polar surface area (TPSA) is 98.6 Å². The van der Waals surface area contributed by atoms with Gasteiger partial charge >= 0.3 is 0 Å². The van der Waals surface area contributed by atoms with Gasteiger partial charge in [0.25, 0.3) is 0 Å². The highest BCUT2D eigenvalue weighted by molar-refractivity contribution is 9.10. The summed E-state index contributed by atoms with van der Waals surface area (Å²) >= 11 is 3.38. The number of hydrogen-bond donors (Lipinski definition) is 1. The first-order valence-electron chi connectivity index (χ1n) is 13.7. The van der Waals surface area contributed by atoms with Crippen LogP contribution in [0.4, 0.5) is 11.5 Å². The van der Waals surface area contributed by atoms with E-state index in [4.69, 9.17) is 9.47 Å². The molecule has 1 fully saturated rings. The highest BCUT2D eigenvalue weighted by Crippen LogP contribution is 2.33. The maximum atomic E-state index is 12.8. The van der Waals surface area contributed by atoms with Gasteiger partial charge in [-0.3, -0.25) is 4.72 Å². The molecular weight excluding hydrogens is 622 g/mol. The number of morpholine rings is 1. The first kappa shape index (κ1) is 29.7. The average molecular weight is 659 g/mol. The van der Waals surface area contributed by atoms with Gasteiger partial charge in [0.1, 0.15) is 24.5 Å². The summed E-state index contributed by atoms with van der Waals surface area (Å²) in [5.41, 5.74) is 3.90. The molecule has 2 aromatic heterocycles. The summed E-state index contributed by atoms with van der Waals surface area (Å²) < 4.78 is 43.0. The van der Waals surface area contributed by atoms with Crippen molar-refractivity contribution in [1.82, 2.24) is 14.5 Å². The average Bonchev–Trinajstić information content (AvgIpc) is 3.31. The largest absolute Gasteiger partial charge is 0.378 e. The minimum Gasteiger partial charge on any atom is -0.378 e. The Balaban J connectivity index is 1.42. The zero-order valence-corrected chi connectivity index (χ0v) is 27.0. The molecule has 0 atom stereocenters. The molecule has 0 spiro atoms. The lowest BCUT2D eigenvalue weighted by Crippen LogP contribution is -2.36. The molecule has 2 aromatic carbocycles. The van der Waals surface area contributed by atoms with E-state index < -0.39 is 18.1 Å². The number of nitrogens with one attached hydrogen (secondary N) is 1. The molecule has 0 radical (unpaired) electrons. The molecule has 4 aromatic rings. The second-order valence-corrected chi connectivity index (χ2v) is 19.7. The Morgan fingerprint density at radius 2 is 1.73 bits per heavy atom. The number of fused-ring (bicyclic) bond motifs is 1. The highest BCUT2D eigenvalue weighted by Gasteiger charge is 2.21. The van der Waals surface area contributed by atoms with Crippen LogP contribution >= 0.6 is 15.9 Å². The monoisotopic (exact) mass is 657 g/mol. The number of rotatable bonds is 11. The normalized spacial score (nSPS) is 14.5. The standard InChI is InChI=1S/C29H36BrN5O4SSi/c1-41(2,3)17-16-39-21-35-27(18-26-28(31-20-32-29(26)35)34-12-14-38-15-13-34)23-6-10-25(11-7-23)33-40(36,37)19-22-4-8-24(30)9-5-22/h4-11,18,20,33H,12-17,19,21H2,1-3H3. The van der Waals surface area contributed by atoms with E-state index >= 15 is 0 Å². The Labute approximate surface area is 251 Å². The molecule has 1 saturated heterocycles. The van der Waals surface area contributed by atoms with Crippen molar-refractivity contribution in [3.8, 4) is 11.3 Å². The lowest BCUT2D eigenvalue weighted by atomic mass is 10.1. The molecule has 1 aliphatic rings. The van der Waals surface area contributed by atoms with Crippen molar-refractivity contribution < 1.29 is 17.9 Å². The molecule has 0 aliphatic carbocycles. The third kappa shape index (κ3) is 7.75. The van der Waals surface area contributed by atoms with Gasteiger partial charge in [-0.25, -0.2) is 18.4 Å². The number of benzene rings is 2. The molecule has 1 N–H and O–H groups in total. The number of anilines is 2. The van der Waals surface area contributed by atoms with Gasteiger partial charge in [-0.05, 0) is 47.5 Å². The van der Waals surface area contributed by atoms with Crippen molar-refractivity contribution >= 4 is 56.6 Å². The summed E-state index contributed by atoms with van der Waals surface area (Å²) in [5.74, 6) is 0.784. The Bertz CT molecular complexity index is 1580. The fourth-order valence-corrected chi connectivity index (χ4v) is 6.93. The van der Waals surface area contributed by atoms with E-state index in [1.165, 1.54) is 0 Å². The second-order valence-electron chi connectivity index (χ2n) is 11.4. The third-order valence-corrected chi connectivity index (χ3v) is 10.4. The zero-order chi connectivity index (χ0) is 29.0. The van der Waals surface area contributed by atoms with E-state index in [0.717, 1.165) is 51.7 Å². The van der Waals surface area contributed by atoms with Crippen molar-refractivity contribution in [3.63, 3.8) is 0 Å². The van der Waals surface area contributed by atoms with Crippen LogP contribution in [-0.4, -0.2) is 63.9 Å². The summed E-state index contributed by atoms with van der Waals surface area (Å²) in [7, 11) is -4.81. The van der Waals surface area contributed by atoms with Gasteiger partial charge in [-0.2, -0.15) is 0 Å². The fourth-order valence-electron chi connectivity index (χ4n) is 4.71. The first-order valence-corrected chi connectivity index (χ1v) is 19.8. The van der Waals surface area contributed by atoms with Gasteiger partial charge in [-0.1, -0.05) is 59.8 Å². The summed E-state index contributed by atoms with van der Waals surface area (Å²) in [5, 5.41) is 0.956. The molecule has 12 heteroatoms. The Morgan fingerprint density at radius 1 is 1.02 bits per heavy atom. The van der Waals surface area contributed by atoms with Crippen molar-refractivity contribution in [1.29, 1.82) is 0 Å². The van der Waals surface area contributed by atoms with E-state index in [0.29, 0.717) is 37.8 Å². The maximum Gasteiger partial charge on any atom is 0.236 e. The molecule has 0 amide bonds. The van der Waals surface area contributed by atoms with E-state index in [1.54, 1.807) is 30.6 Å². The zero-order valence-electron chi connectivity index (χ0n) is 23.6. The molecule has 0 unspecified atom stereocenters. The minimum atomic E-state index is -3.57. The van der Waals surface area contributed by atoms with Crippen LogP contribution in [0.2, 0.25) is 25.7 Å². The van der Waals surface area contributed by atoms with E-state index in [9.17, 15) is 8.42 Å². The van der Waals surface area contributed by atoms with E-state index in [2.05, 4.69) is 65.8 Å². The minimum absolute atomic E-state index is 0.103. The van der Waals surface area contributed by atoms with Crippen LogP contribution < -0.4 is 9.62 Å². The SMILES string of the molecule is C[Si](C)(C)CCOCn1c(-c2ccc(NS(=O)(=O)Cc3ccc(Br)cc3)cc2)cc2c(N3CCOCC3)ncnc21. The third-order valence-electron chi connectivity index (χ3n) is 6.92. The molecule has 218 valence electrons.